The summed E-state index contributed by atoms with van der Waals surface area (Å²) >= 11 is 3.91. The number of aliphatic hydroxyl groups is 1. The van der Waals surface area contributed by atoms with Gasteiger partial charge < -0.3 is 21.5 Å². The second-order valence-electron chi connectivity index (χ2n) is 3.38. The predicted octanol–water partition coefficient (Wildman–Crippen LogP) is -1.75. The molecule has 2 amide bonds. The van der Waals surface area contributed by atoms with E-state index in [2.05, 4.69) is 23.3 Å². The van der Waals surface area contributed by atoms with Crippen molar-refractivity contribution in [3.8, 4) is 0 Å². The fraction of sp³-hybridized carbons (Fsp3) is 0.778. The molecule has 2 atom stereocenters. The number of nitrogens with two attached hydrogens (primary N) is 1. The van der Waals surface area contributed by atoms with E-state index in [4.69, 9.17) is 10.8 Å². The van der Waals surface area contributed by atoms with E-state index in [9.17, 15) is 9.59 Å². The smallest absolute Gasteiger partial charge is 0.239 e. The third-order valence-corrected chi connectivity index (χ3v) is 2.13. The zero-order valence-corrected chi connectivity index (χ0v) is 10.2. The lowest BCUT2D eigenvalue weighted by molar-refractivity contribution is -0.125. The van der Waals surface area contributed by atoms with Crippen molar-refractivity contribution in [2.45, 2.75) is 25.5 Å². The van der Waals surface area contributed by atoms with Crippen molar-refractivity contribution in [2.24, 2.45) is 5.73 Å². The van der Waals surface area contributed by atoms with Crippen molar-refractivity contribution in [3.63, 3.8) is 0 Å². The lowest BCUT2D eigenvalue weighted by atomic mass is 10.2. The van der Waals surface area contributed by atoms with Crippen LogP contribution in [-0.2, 0) is 9.59 Å². The number of thiol groups is 1. The van der Waals surface area contributed by atoms with E-state index < -0.39 is 18.1 Å². The van der Waals surface area contributed by atoms with Crippen LogP contribution in [0, 0.1) is 0 Å². The molecule has 94 valence electrons. The number of aliphatic hydroxyl groups excluding tert-OH is 1. The van der Waals surface area contributed by atoms with Crippen molar-refractivity contribution >= 4 is 24.4 Å². The van der Waals surface area contributed by atoms with E-state index in [0.717, 1.165) is 0 Å². The summed E-state index contributed by atoms with van der Waals surface area (Å²) in [7, 11) is 0. The maximum atomic E-state index is 11.2. The maximum Gasteiger partial charge on any atom is 0.239 e. The molecule has 0 rings (SSSR count). The van der Waals surface area contributed by atoms with Crippen LogP contribution in [0.15, 0.2) is 0 Å². The summed E-state index contributed by atoms with van der Waals surface area (Å²) in [5.74, 6) is -0.0482. The minimum atomic E-state index is -0.937. The second kappa shape index (κ2) is 8.37. The summed E-state index contributed by atoms with van der Waals surface area (Å²) in [6.07, 6.45) is -0.539. The van der Waals surface area contributed by atoms with Crippen molar-refractivity contribution < 1.29 is 14.7 Å². The average molecular weight is 249 g/mol. The molecular formula is C9H19N3O3S. The standard InChI is InChI=1S/C9H19N3O3S/c1-6(13)8(10)9(15)12-4-3-11-7(14)2-5-16/h6,8,13,16H,2-5,10H2,1H3,(H,11,14)(H,12,15)/t6-,8+/m1/s1. The molecule has 0 aromatic carbocycles. The van der Waals surface area contributed by atoms with Gasteiger partial charge in [0, 0.05) is 19.5 Å². The molecule has 0 radical (unpaired) electrons. The molecule has 0 fully saturated rings. The molecule has 0 aliphatic rings. The van der Waals surface area contributed by atoms with Gasteiger partial charge in [0.15, 0.2) is 0 Å². The largest absolute Gasteiger partial charge is 0.391 e. The zero-order valence-electron chi connectivity index (χ0n) is 9.27. The topological polar surface area (TPSA) is 104 Å². The molecule has 0 unspecified atom stereocenters. The first-order valence-corrected chi connectivity index (χ1v) is 5.71. The monoisotopic (exact) mass is 249 g/mol. The zero-order chi connectivity index (χ0) is 12.6. The molecule has 0 heterocycles. The molecule has 6 nitrogen and oxygen atoms in total. The third-order valence-electron chi connectivity index (χ3n) is 1.91. The molecule has 0 aliphatic heterocycles. The Balaban J connectivity index is 3.59. The molecule has 0 bridgehead atoms. The Kier molecular flexibility index (Phi) is 7.96. The van der Waals surface area contributed by atoms with Gasteiger partial charge in [-0.3, -0.25) is 9.59 Å². The molecule has 0 aromatic rings. The number of nitrogens with one attached hydrogen (secondary N) is 2. The van der Waals surface area contributed by atoms with Crippen molar-refractivity contribution in [1.82, 2.24) is 10.6 Å². The van der Waals surface area contributed by atoms with E-state index in [0.29, 0.717) is 18.7 Å². The number of amides is 2. The van der Waals surface area contributed by atoms with Crippen LogP contribution in [0.4, 0.5) is 0 Å². The summed E-state index contributed by atoms with van der Waals surface area (Å²) in [4.78, 5) is 22.2. The highest BCUT2D eigenvalue weighted by atomic mass is 32.1. The van der Waals surface area contributed by atoms with E-state index in [-0.39, 0.29) is 12.5 Å². The first-order valence-electron chi connectivity index (χ1n) is 5.08. The lowest BCUT2D eigenvalue weighted by Gasteiger charge is -2.14. The molecule has 0 aromatic heterocycles. The average Bonchev–Trinajstić information content (AvgIpc) is 2.23. The summed E-state index contributed by atoms with van der Waals surface area (Å²) < 4.78 is 0. The fourth-order valence-corrected chi connectivity index (χ4v) is 1.12. The number of carbonyl (C=O) groups excluding carboxylic acids is 2. The Morgan fingerprint density at radius 2 is 1.94 bits per heavy atom. The van der Waals surface area contributed by atoms with Crippen LogP contribution in [0.3, 0.4) is 0 Å². The van der Waals surface area contributed by atoms with Crippen molar-refractivity contribution in [3.05, 3.63) is 0 Å². The SMILES string of the molecule is C[C@@H](O)[C@H](N)C(=O)NCCNC(=O)CCS. The van der Waals surface area contributed by atoms with E-state index in [1.54, 1.807) is 0 Å². The van der Waals surface area contributed by atoms with Crippen LogP contribution in [0.1, 0.15) is 13.3 Å². The van der Waals surface area contributed by atoms with Crippen molar-refractivity contribution in [2.75, 3.05) is 18.8 Å². The molecule has 0 saturated heterocycles. The molecular weight excluding hydrogens is 230 g/mol. The third kappa shape index (κ3) is 6.65. The van der Waals surface area contributed by atoms with Gasteiger partial charge >= 0.3 is 0 Å². The van der Waals surface area contributed by atoms with Crippen molar-refractivity contribution in [1.29, 1.82) is 0 Å². The predicted molar refractivity (Wildman–Crippen MR) is 64.1 cm³/mol. The highest BCUT2D eigenvalue weighted by molar-refractivity contribution is 7.80. The summed E-state index contributed by atoms with van der Waals surface area (Å²) in [5.41, 5.74) is 5.39. The Bertz CT molecular complexity index is 236. The first-order chi connectivity index (χ1) is 7.49. The number of hydrogen-bond acceptors (Lipinski definition) is 5. The Hall–Kier alpha value is -0.790. The minimum absolute atomic E-state index is 0.107. The van der Waals surface area contributed by atoms with Gasteiger partial charge in [0.2, 0.25) is 11.8 Å². The molecule has 0 spiro atoms. The molecule has 5 N–H and O–H groups in total. The number of carbonyl (C=O) groups is 2. The number of rotatable bonds is 7. The molecule has 16 heavy (non-hydrogen) atoms. The maximum absolute atomic E-state index is 11.2. The van der Waals surface area contributed by atoms with Crippen LogP contribution in [0.25, 0.3) is 0 Å². The minimum Gasteiger partial charge on any atom is -0.391 e. The molecule has 0 aliphatic carbocycles. The molecule has 7 heteroatoms. The van der Waals surface area contributed by atoms with Gasteiger partial charge in [-0.25, -0.2) is 0 Å². The van der Waals surface area contributed by atoms with Gasteiger partial charge in [-0.1, -0.05) is 0 Å². The van der Waals surface area contributed by atoms with E-state index >= 15 is 0 Å². The van der Waals surface area contributed by atoms with Crippen LogP contribution in [0.5, 0.6) is 0 Å². The fourth-order valence-electron chi connectivity index (χ4n) is 0.914. The van der Waals surface area contributed by atoms with E-state index in [1.807, 2.05) is 0 Å². The van der Waals surface area contributed by atoms with Gasteiger partial charge in [-0.2, -0.15) is 12.6 Å². The second-order valence-corrected chi connectivity index (χ2v) is 3.83. The van der Waals surface area contributed by atoms with Gasteiger partial charge in [0.05, 0.1) is 6.10 Å². The quantitative estimate of drug-likeness (QED) is 0.272. The van der Waals surface area contributed by atoms with Gasteiger partial charge in [0.25, 0.3) is 0 Å². The number of hydrogen-bond donors (Lipinski definition) is 5. The normalized spacial score (nSPS) is 14.0. The van der Waals surface area contributed by atoms with Crippen LogP contribution in [0.2, 0.25) is 0 Å². The van der Waals surface area contributed by atoms with E-state index in [1.165, 1.54) is 6.92 Å². The van der Waals surface area contributed by atoms with Gasteiger partial charge in [-0.05, 0) is 12.7 Å². The highest BCUT2D eigenvalue weighted by Crippen LogP contribution is 1.87. The van der Waals surface area contributed by atoms with Gasteiger partial charge in [0.1, 0.15) is 6.04 Å². The summed E-state index contributed by atoms with van der Waals surface area (Å²) in [6, 6.07) is -0.937. The Labute approximate surface area is 100 Å². The lowest BCUT2D eigenvalue weighted by Crippen LogP contribution is -2.48. The van der Waals surface area contributed by atoms with Crippen LogP contribution in [-0.4, -0.2) is 47.9 Å². The highest BCUT2D eigenvalue weighted by Gasteiger charge is 2.17. The van der Waals surface area contributed by atoms with Gasteiger partial charge in [-0.15, -0.1) is 0 Å². The molecule has 0 saturated carbocycles. The summed E-state index contributed by atoms with van der Waals surface area (Å²) in [6.45, 7) is 2.07. The Morgan fingerprint density at radius 1 is 1.38 bits per heavy atom. The Morgan fingerprint density at radius 3 is 2.44 bits per heavy atom. The summed E-state index contributed by atoms with van der Waals surface area (Å²) in [5, 5.41) is 14.1. The van der Waals surface area contributed by atoms with Crippen LogP contribution < -0.4 is 16.4 Å². The van der Waals surface area contributed by atoms with Crippen LogP contribution >= 0.6 is 12.6 Å². The first kappa shape index (κ1) is 15.2.